The van der Waals surface area contributed by atoms with Crippen LogP contribution in [0, 0.1) is 5.92 Å². The number of nitrogens with two attached hydrogens (primary N) is 1. The number of hydrogen-bond acceptors (Lipinski definition) is 6. The van der Waals surface area contributed by atoms with Crippen LogP contribution in [-0.4, -0.2) is 35.0 Å². The van der Waals surface area contributed by atoms with Crippen molar-refractivity contribution in [1.29, 1.82) is 0 Å². The summed E-state index contributed by atoms with van der Waals surface area (Å²) in [7, 11) is 0. The molecule has 0 aromatic carbocycles. The molecule has 8 nitrogen and oxygen atoms in total. The van der Waals surface area contributed by atoms with Crippen molar-refractivity contribution in [2.75, 3.05) is 18.0 Å². The van der Waals surface area contributed by atoms with E-state index in [1.54, 1.807) is 12.3 Å². The van der Waals surface area contributed by atoms with Crippen molar-refractivity contribution in [2.45, 2.75) is 39.2 Å². The number of amides is 2. The van der Waals surface area contributed by atoms with Crippen molar-refractivity contribution in [2.24, 2.45) is 11.7 Å². The number of nitrogens with one attached hydrogen (secondary N) is 1. The van der Waals surface area contributed by atoms with Gasteiger partial charge in [-0.1, -0.05) is 25.1 Å². The quantitative estimate of drug-likeness (QED) is 0.800. The lowest BCUT2D eigenvalue weighted by molar-refractivity contribution is -0.122. The molecule has 1 saturated heterocycles. The summed E-state index contributed by atoms with van der Waals surface area (Å²) >= 11 is 0. The van der Waals surface area contributed by atoms with Crippen LogP contribution in [0.5, 0.6) is 0 Å². The number of aromatic nitrogens is 2. The summed E-state index contributed by atoms with van der Waals surface area (Å²) in [5.41, 5.74) is 6.59. The molecule has 1 aliphatic rings. The van der Waals surface area contributed by atoms with Crippen molar-refractivity contribution in [3.8, 4) is 0 Å². The van der Waals surface area contributed by atoms with Crippen LogP contribution in [0.3, 0.4) is 0 Å². The molecule has 3 N–H and O–H groups in total. The van der Waals surface area contributed by atoms with E-state index in [0.717, 1.165) is 11.4 Å². The molecule has 3 heterocycles. The first-order chi connectivity index (χ1) is 13.0. The first-order valence-electron chi connectivity index (χ1n) is 9.18. The van der Waals surface area contributed by atoms with E-state index in [0.29, 0.717) is 38.2 Å². The van der Waals surface area contributed by atoms with Crippen LogP contribution in [0.4, 0.5) is 5.82 Å². The molecule has 2 aromatic rings. The molecule has 2 aromatic heterocycles. The Bertz CT molecular complexity index is 809. The zero-order chi connectivity index (χ0) is 19.4. The van der Waals surface area contributed by atoms with Crippen molar-refractivity contribution >= 4 is 17.6 Å². The molecule has 0 aliphatic carbocycles. The second-order valence-electron chi connectivity index (χ2n) is 7.10. The molecule has 27 heavy (non-hydrogen) atoms. The molecule has 0 unspecified atom stereocenters. The van der Waals surface area contributed by atoms with Crippen LogP contribution in [0.15, 0.2) is 28.9 Å². The third kappa shape index (κ3) is 4.45. The standard InChI is InChI=1S/C19H25N5O3/c1-12(2)16-10-15(23-27-16)19(26)22-11-14-4-3-7-21-18(14)24-8-5-13(6-9-24)17(20)25/h3-4,7,10,12-13H,5-6,8-9,11H2,1-2H3,(H2,20,25)(H,22,26). The Morgan fingerprint density at radius 3 is 2.74 bits per heavy atom. The normalized spacial score (nSPS) is 15.1. The summed E-state index contributed by atoms with van der Waals surface area (Å²) in [5.74, 6) is 1.08. The van der Waals surface area contributed by atoms with Crippen LogP contribution in [0.2, 0.25) is 0 Å². The maximum absolute atomic E-state index is 12.3. The Morgan fingerprint density at radius 2 is 2.11 bits per heavy atom. The summed E-state index contributed by atoms with van der Waals surface area (Å²) in [6, 6.07) is 5.44. The molecule has 1 aliphatic heterocycles. The van der Waals surface area contributed by atoms with E-state index >= 15 is 0 Å². The van der Waals surface area contributed by atoms with E-state index in [2.05, 4.69) is 20.4 Å². The number of carbonyl (C=O) groups excluding carboxylic acids is 2. The second-order valence-corrected chi connectivity index (χ2v) is 7.10. The number of piperidine rings is 1. The number of hydrogen-bond donors (Lipinski definition) is 2. The minimum absolute atomic E-state index is 0.0737. The zero-order valence-electron chi connectivity index (χ0n) is 15.6. The summed E-state index contributed by atoms with van der Waals surface area (Å²) in [6.07, 6.45) is 3.16. The van der Waals surface area contributed by atoms with Crippen molar-refractivity contribution in [1.82, 2.24) is 15.5 Å². The van der Waals surface area contributed by atoms with E-state index in [-0.39, 0.29) is 29.3 Å². The van der Waals surface area contributed by atoms with Gasteiger partial charge in [0.15, 0.2) is 5.69 Å². The van der Waals surface area contributed by atoms with Gasteiger partial charge in [0.25, 0.3) is 5.91 Å². The molecule has 144 valence electrons. The fraction of sp³-hybridized carbons (Fsp3) is 0.474. The molecule has 0 atom stereocenters. The maximum Gasteiger partial charge on any atom is 0.273 e. The molecule has 1 fully saturated rings. The van der Waals surface area contributed by atoms with Crippen LogP contribution < -0.4 is 16.0 Å². The van der Waals surface area contributed by atoms with Gasteiger partial charge in [-0.3, -0.25) is 9.59 Å². The Labute approximate surface area is 158 Å². The zero-order valence-corrected chi connectivity index (χ0v) is 15.6. The maximum atomic E-state index is 12.3. The molecule has 8 heteroatoms. The van der Waals surface area contributed by atoms with Crippen LogP contribution >= 0.6 is 0 Å². The number of anilines is 1. The highest BCUT2D eigenvalue weighted by molar-refractivity contribution is 5.92. The topological polar surface area (TPSA) is 114 Å². The van der Waals surface area contributed by atoms with Gasteiger partial charge in [0.1, 0.15) is 11.6 Å². The second kappa shape index (κ2) is 8.20. The van der Waals surface area contributed by atoms with Gasteiger partial charge in [0, 0.05) is 49.3 Å². The van der Waals surface area contributed by atoms with Crippen LogP contribution in [-0.2, 0) is 11.3 Å². The number of carbonyl (C=O) groups is 2. The lowest BCUT2D eigenvalue weighted by Gasteiger charge is -2.32. The van der Waals surface area contributed by atoms with Gasteiger partial charge < -0.3 is 20.5 Å². The molecular weight excluding hydrogens is 346 g/mol. The van der Waals surface area contributed by atoms with Gasteiger partial charge in [-0.05, 0) is 18.9 Å². The highest BCUT2D eigenvalue weighted by Gasteiger charge is 2.25. The molecule has 0 bridgehead atoms. The van der Waals surface area contributed by atoms with E-state index in [1.807, 2.05) is 26.0 Å². The smallest absolute Gasteiger partial charge is 0.273 e. The SMILES string of the molecule is CC(C)c1cc(C(=O)NCc2cccnc2N2CCC(C(N)=O)CC2)no1. The predicted molar refractivity (Wildman–Crippen MR) is 100 cm³/mol. The Morgan fingerprint density at radius 1 is 1.37 bits per heavy atom. The lowest BCUT2D eigenvalue weighted by atomic mass is 9.96. The molecule has 0 radical (unpaired) electrons. The third-order valence-corrected chi connectivity index (χ3v) is 4.83. The number of rotatable bonds is 6. The summed E-state index contributed by atoms with van der Waals surface area (Å²) < 4.78 is 5.18. The average Bonchev–Trinajstić information content (AvgIpc) is 3.17. The van der Waals surface area contributed by atoms with E-state index < -0.39 is 0 Å². The summed E-state index contributed by atoms with van der Waals surface area (Å²) in [4.78, 5) is 30.3. The van der Waals surface area contributed by atoms with Crippen molar-refractivity contribution in [3.05, 3.63) is 41.4 Å². The number of pyridine rings is 1. The van der Waals surface area contributed by atoms with Crippen LogP contribution in [0.1, 0.15) is 54.4 Å². The predicted octanol–water partition coefficient (Wildman–Crippen LogP) is 1.82. The van der Waals surface area contributed by atoms with Crippen molar-refractivity contribution in [3.63, 3.8) is 0 Å². The molecule has 0 saturated carbocycles. The Kier molecular flexibility index (Phi) is 5.73. The average molecular weight is 371 g/mol. The minimum Gasteiger partial charge on any atom is -0.369 e. The van der Waals surface area contributed by atoms with Crippen molar-refractivity contribution < 1.29 is 14.1 Å². The van der Waals surface area contributed by atoms with Gasteiger partial charge in [-0.25, -0.2) is 4.98 Å². The largest absolute Gasteiger partial charge is 0.369 e. The van der Waals surface area contributed by atoms with Gasteiger partial charge in [0.2, 0.25) is 5.91 Å². The third-order valence-electron chi connectivity index (χ3n) is 4.83. The van der Waals surface area contributed by atoms with E-state index in [1.165, 1.54) is 0 Å². The van der Waals surface area contributed by atoms with Gasteiger partial charge in [-0.15, -0.1) is 0 Å². The van der Waals surface area contributed by atoms with Gasteiger partial charge in [-0.2, -0.15) is 0 Å². The van der Waals surface area contributed by atoms with Crippen LogP contribution in [0.25, 0.3) is 0 Å². The van der Waals surface area contributed by atoms with E-state index in [9.17, 15) is 9.59 Å². The van der Waals surface area contributed by atoms with Gasteiger partial charge in [0.05, 0.1) is 0 Å². The highest BCUT2D eigenvalue weighted by Crippen LogP contribution is 2.24. The molecular formula is C19H25N5O3. The monoisotopic (exact) mass is 371 g/mol. The number of nitrogens with zero attached hydrogens (tertiary/aromatic N) is 3. The summed E-state index contributed by atoms with van der Waals surface area (Å²) in [6.45, 7) is 5.72. The van der Waals surface area contributed by atoms with E-state index in [4.69, 9.17) is 10.3 Å². The highest BCUT2D eigenvalue weighted by atomic mass is 16.5. The Hall–Kier alpha value is -2.90. The number of primary amides is 1. The minimum atomic E-state index is -0.284. The summed E-state index contributed by atoms with van der Waals surface area (Å²) in [5, 5.41) is 6.70. The molecule has 0 spiro atoms. The Balaban J connectivity index is 1.64. The molecule has 2 amide bonds. The fourth-order valence-corrected chi connectivity index (χ4v) is 3.16. The molecule has 3 rings (SSSR count). The first kappa shape index (κ1) is 18.9. The first-order valence-corrected chi connectivity index (χ1v) is 9.18. The van der Waals surface area contributed by atoms with Gasteiger partial charge >= 0.3 is 0 Å². The lowest BCUT2D eigenvalue weighted by Crippen LogP contribution is -2.39. The fourth-order valence-electron chi connectivity index (χ4n) is 3.16.